The minimum Gasteiger partial charge on any atom is -0.477 e. The van der Waals surface area contributed by atoms with Crippen molar-refractivity contribution in [2.24, 2.45) is 0 Å². The Morgan fingerprint density at radius 3 is 1.94 bits per heavy atom. The van der Waals surface area contributed by atoms with E-state index in [2.05, 4.69) is 20.8 Å². The monoisotopic (exact) mass is 244 g/mol. The lowest BCUT2D eigenvalue weighted by Crippen LogP contribution is -2.51. The average molecular weight is 244 g/mol. The van der Waals surface area contributed by atoms with Crippen molar-refractivity contribution in [1.82, 2.24) is 0 Å². The van der Waals surface area contributed by atoms with Crippen LogP contribution in [-0.4, -0.2) is 41.7 Å². The first kappa shape index (κ1) is 16.4. The van der Waals surface area contributed by atoms with Gasteiger partial charge in [0.25, 0.3) is 0 Å². The van der Waals surface area contributed by atoms with Crippen molar-refractivity contribution in [2.75, 3.05) is 26.2 Å². The van der Waals surface area contributed by atoms with Gasteiger partial charge < -0.3 is 9.59 Å². The number of carboxylic acids is 1. The summed E-state index contributed by atoms with van der Waals surface area (Å²) in [6.45, 7) is 9.58. The molecule has 0 saturated heterocycles. The molecular formula is C14H30NO2+. The van der Waals surface area contributed by atoms with Gasteiger partial charge >= 0.3 is 5.97 Å². The van der Waals surface area contributed by atoms with Crippen LogP contribution in [0.3, 0.4) is 0 Å². The van der Waals surface area contributed by atoms with Crippen LogP contribution < -0.4 is 0 Å². The highest BCUT2D eigenvalue weighted by Crippen LogP contribution is 2.11. The number of unbranched alkanes of at least 4 members (excludes halogenated alkanes) is 5. The van der Waals surface area contributed by atoms with E-state index in [0.717, 1.165) is 24.1 Å². The van der Waals surface area contributed by atoms with Crippen molar-refractivity contribution < 1.29 is 14.4 Å². The van der Waals surface area contributed by atoms with E-state index in [-0.39, 0.29) is 6.54 Å². The fourth-order valence-corrected chi connectivity index (χ4v) is 2.36. The number of rotatable bonds is 11. The summed E-state index contributed by atoms with van der Waals surface area (Å²) in [6.07, 6.45) is 7.65. The average Bonchev–Trinajstić information content (AvgIpc) is 2.31. The Balaban J connectivity index is 3.88. The molecule has 0 aromatic carbocycles. The Bertz CT molecular complexity index is 200. The van der Waals surface area contributed by atoms with Crippen molar-refractivity contribution in [1.29, 1.82) is 0 Å². The first-order valence-electron chi connectivity index (χ1n) is 7.17. The zero-order chi connectivity index (χ0) is 13.1. The Morgan fingerprint density at radius 2 is 1.47 bits per heavy atom. The molecule has 0 aliphatic rings. The number of quaternary nitrogens is 1. The topological polar surface area (TPSA) is 37.3 Å². The van der Waals surface area contributed by atoms with Crippen molar-refractivity contribution >= 4 is 5.97 Å². The lowest BCUT2D eigenvalue weighted by molar-refractivity contribution is -0.918. The molecule has 0 atom stereocenters. The highest BCUT2D eigenvalue weighted by atomic mass is 16.4. The van der Waals surface area contributed by atoms with Crippen LogP contribution in [0.5, 0.6) is 0 Å². The maximum absolute atomic E-state index is 10.9. The summed E-state index contributed by atoms with van der Waals surface area (Å²) in [7, 11) is 0. The SMILES string of the molecule is CCCCCCCC[N+](CC)(CC)CC(=O)O. The predicted molar refractivity (Wildman–Crippen MR) is 72.1 cm³/mol. The number of carboxylic acid groups (broad SMARTS) is 1. The molecule has 3 nitrogen and oxygen atoms in total. The molecule has 17 heavy (non-hydrogen) atoms. The van der Waals surface area contributed by atoms with Gasteiger partial charge in [0.1, 0.15) is 0 Å². The molecule has 0 radical (unpaired) electrons. The summed E-state index contributed by atoms with van der Waals surface area (Å²) in [6, 6.07) is 0. The second-order valence-electron chi connectivity index (χ2n) is 5.02. The fraction of sp³-hybridized carbons (Fsp3) is 0.929. The maximum atomic E-state index is 10.9. The smallest absolute Gasteiger partial charge is 0.359 e. The molecule has 3 heteroatoms. The Hall–Kier alpha value is -0.570. The molecular weight excluding hydrogens is 214 g/mol. The van der Waals surface area contributed by atoms with Gasteiger partial charge in [0.05, 0.1) is 19.6 Å². The van der Waals surface area contributed by atoms with Crippen LogP contribution in [0.4, 0.5) is 0 Å². The van der Waals surface area contributed by atoms with Crippen LogP contribution in [0.1, 0.15) is 59.3 Å². The van der Waals surface area contributed by atoms with E-state index in [1.54, 1.807) is 0 Å². The summed E-state index contributed by atoms with van der Waals surface area (Å²) < 4.78 is 0.739. The fourth-order valence-electron chi connectivity index (χ4n) is 2.36. The van der Waals surface area contributed by atoms with Crippen LogP contribution in [-0.2, 0) is 4.79 Å². The number of likely N-dealkylation sites (N-methyl/N-ethyl adjacent to an activating group) is 1. The number of carbonyl (C=O) groups is 1. The minimum atomic E-state index is -0.667. The first-order valence-corrected chi connectivity index (χ1v) is 7.17. The van der Waals surface area contributed by atoms with Gasteiger partial charge in [-0.05, 0) is 26.7 Å². The molecule has 0 aromatic rings. The summed E-state index contributed by atoms with van der Waals surface area (Å²) >= 11 is 0. The molecule has 0 spiro atoms. The second-order valence-corrected chi connectivity index (χ2v) is 5.02. The standard InChI is InChI=1S/C14H29NO2/c1-4-7-8-9-10-11-12-15(5-2,6-3)13-14(16)17/h4-13H2,1-3H3/p+1. The molecule has 0 heterocycles. The summed E-state index contributed by atoms with van der Waals surface area (Å²) in [5, 5.41) is 8.97. The van der Waals surface area contributed by atoms with Gasteiger partial charge in [-0.25, -0.2) is 4.79 Å². The lowest BCUT2D eigenvalue weighted by Gasteiger charge is -2.35. The highest BCUT2D eigenvalue weighted by Gasteiger charge is 2.25. The molecule has 0 unspecified atom stereocenters. The van der Waals surface area contributed by atoms with Gasteiger partial charge in [-0.2, -0.15) is 0 Å². The molecule has 0 amide bonds. The third-order valence-electron chi connectivity index (χ3n) is 3.80. The molecule has 0 aliphatic carbocycles. The molecule has 0 rings (SSSR count). The first-order chi connectivity index (χ1) is 8.10. The Kier molecular flexibility index (Phi) is 9.14. The third-order valence-corrected chi connectivity index (χ3v) is 3.80. The van der Waals surface area contributed by atoms with Crippen molar-refractivity contribution in [3.05, 3.63) is 0 Å². The second kappa shape index (κ2) is 9.46. The normalized spacial score (nSPS) is 11.7. The molecule has 0 aliphatic heterocycles. The van der Waals surface area contributed by atoms with E-state index in [9.17, 15) is 4.79 Å². The summed E-state index contributed by atoms with van der Waals surface area (Å²) in [5.41, 5.74) is 0. The Morgan fingerprint density at radius 1 is 0.941 bits per heavy atom. The van der Waals surface area contributed by atoms with Gasteiger partial charge in [0, 0.05) is 0 Å². The van der Waals surface area contributed by atoms with E-state index in [1.165, 1.54) is 38.5 Å². The van der Waals surface area contributed by atoms with Gasteiger partial charge in [-0.1, -0.05) is 32.6 Å². The molecule has 0 fully saturated rings. The summed E-state index contributed by atoms with van der Waals surface area (Å²) in [4.78, 5) is 10.9. The largest absolute Gasteiger partial charge is 0.477 e. The van der Waals surface area contributed by atoms with E-state index in [0.29, 0.717) is 0 Å². The highest BCUT2D eigenvalue weighted by molar-refractivity contribution is 5.67. The minimum absolute atomic E-state index is 0.280. The van der Waals surface area contributed by atoms with Gasteiger partial charge in [-0.3, -0.25) is 0 Å². The molecule has 102 valence electrons. The van der Waals surface area contributed by atoms with Crippen LogP contribution in [0.2, 0.25) is 0 Å². The quantitative estimate of drug-likeness (QED) is 0.447. The van der Waals surface area contributed by atoms with E-state index < -0.39 is 5.97 Å². The zero-order valence-corrected chi connectivity index (χ0v) is 11.9. The maximum Gasteiger partial charge on any atom is 0.359 e. The van der Waals surface area contributed by atoms with Gasteiger partial charge in [0.2, 0.25) is 0 Å². The van der Waals surface area contributed by atoms with E-state index >= 15 is 0 Å². The van der Waals surface area contributed by atoms with Crippen LogP contribution in [0.25, 0.3) is 0 Å². The van der Waals surface area contributed by atoms with E-state index in [4.69, 9.17) is 5.11 Å². The van der Waals surface area contributed by atoms with Crippen LogP contribution in [0.15, 0.2) is 0 Å². The number of hydrogen-bond donors (Lipinski definition) is 1. The zero-order valence-electron chi connectivity index (χ0n) is 11.9. The molecule has 1 N–H and O–H groups in total. The summed E-state index contributed by atoms with van der Waals surface area (Å²) in [5.74, 6) is -0.667. The predicted octanol–water partition coefficient (Wildman–Crippen LogP) is 3.29. The van der Waals surface area contributed by atoms with Crippen molar-refractivity contribution in [2.45, 2.75) is 59.3 Å². The van der Waals surface area contributed by atoms with E-state index in [1.807, 2.05) is 0 Å². The third kappa shape index (κ3) is 7.37. The van der Waals surface area contributed by atoms with Crippen LogP contribution in [0, 0.1) is 0 Å². The van der Waals surface area contributed by atoms with Crippen molar-refractivity contribution in [3.8, 4) is 0 Å². The molecule has 0 aromatic heterocycles. The molecule has 0 saturated carbocycles. The molecule has 0 bridgehead atoms. The van der Waals surface area contributed by atoms with Gasteiger partial charge in [0.15, 0.2) is 6.54 Å². The van der Waals surface area contributed by atoms with Gasteiger partial charge in [-0.15, -0.1) is 0 Å². The Labute approximate surface area is 106 Å². The van der Waals surface area contributed by atoms with Crippen molar-refractivity contribution in [3.63, 3.8) is 0 Å². The number of aliphatic carboxylic acids is 1. The van der Waals surface area contributed by atoms with Crippen LogP contribution >= 0.6 is 0 Å². The lowest BCUT2D eigenvalue weighted by atomic mass is 10.1. The number of nitrogens with zero attached hydrogens (tertiary/aromatic N) is 1. The number of hydrogen-bond acceptors (Lipinski definition) is 1.